The number of benzene rings is 2. The first-order valence-electron chi connectivity index (χ1n) is 11.2. The molecule has 1 fully saturated rings. The van der Waals surface area contributed by atoms with Crippen molar-refractivity contribution in [1.29, 1.82) is 0 Å². The molecule has 5 rings (SSSR count). The second-order valence-electron chi connectivity index (χ2n) is 8.47. The highest BCUT2D eigenvalue weighted by molar-refractivity contribution is 9.11. The second kappa shape index (κ2) is 10.0. The maximum Gasteiger partial charge on any atom is 0.266 e. The van der Waals surface area contributed by atoms with E-state index in [0.29, 0.717) is 28.6 Å². The number of hydrogen-bond acceptors (Lipinski definition) is 7. The van der Waals surface area contributed by atoms with Crippen LogP contribution in [0.3, 0.4) is 0 Å². The number of nitrogens with one attached hydrogen (secondary N) is 1. The zero-order valence-corrected chi connectivity index (χ0v) is 22.6. The third kappa shape index (κ3) is 4.96. The topological polar surface area (TPSA) is 70.2 Å². The number of anilines is 4. The van der Waals surface area contributed by atoms with Crippen LogP contribution in [-0.4, -0.2) is 62.9 Å². The van der Waals surface area contributed by atoms with E-state index in [-0.39, 0.29) is 12.6 Å². The Labute approximate surface area is 221 Å². The van der Waals surface area contributed by atoms with Crippen LogP contribution in [0, 0.1) is 0 Å². The number of fused-ring (bicyclic) bond motifs is 1. The van der Waals surface area contributed by atoms with E-state index >= 15 is 0 Å². The van der Waals surface area contributed by atoms with Gasteiger partial charge in [0.05, 0.1) is 12.8 Å². The minimum atomic E-state index is -0.187. The average Bonchev–Trinajstić information content (AvgIpc) is 2.86. The fraction of sp³-hybridized carbons (Fsp3) is 0.280. The average molecular weight is 603 g/mol. The number of amides is 1. The van der Waals surface area contributed by atoms with Crippen LogP contribution in [0.4, 0.5) is 22.9 Å². The van der Waals surface area contributed by atoms with Crippen molar-refractivity contribution in [3.8, 4) is 11.5 Å². The first-order chi connectivity index (χ1) is 16.9. The van der Waals surface area contributed by atoms with Gasteiger partial charge in [0.1, 0.15) is 22.9 Å². The summed E-state index contributed by atoms with van der Waals surface area (Å²) in [6.45, 7) is 4.28. The van der Waals surface area contributed by atoms with Gasteiger partial charge < -0.3 is 24.6 Å². The fourth-order valence-electron chi connectivity index (χ4n) is 4.18. The minimum absolute atomic E-state index is 0.0819. The van der Waals surface area contributed by atoms with Crippen LogP contribution >= 0.6 is 31.9 Å². The van der Waals surface area contributed by atoms with Crippen molar-refractivity contribution in [2.24, 2.45) is 0 Å². The molecule has 0 unspecified atom stereocenters. The van der Waals surface area contributed by atoms with Gasteiger partial charge in [-0.1, -0.05) is 0 Å². The van der Waals surface area contributed by atoms with Gasteiger partial charge in [0.15, 0.2) is 6.73 Å². The number of rotatable bonds is 5. The summed E-state index contributed by atoms with van der Waals surface area (Å²) in [6, 6.07) is 13.7. The van der Waals surface area contributed by atoms with Crippen LogP contribution in [0.15, 0.2) is 57.6 Å². The van der Waals surface area contributed by atoms with Gasteiger partial charge in [-0.3, -0.25) is 9.69 Å². The van der Waals surface area contributed by atoms with Crippen molar-refractivity contribution >= 4 is 60.6 Å². The summed E-state index contributed by atoms with van der Waals surface area (Å²) in [7, 11) is 3.75. The zero-order valence-electron chi connectivity index (χ0n) is 19.4. The molecule has 0 saturated carbocycles. The van der Waals surface area contributed by atoms with E-state index in [1.54, 1.807) is 24.3 Å². The lowest BCUT2D eigenvalue weighted by molar-refractivity contribution is 0.0936. The largest absolute Gasteiger partial charge is 0.497 e. The molecule has 1 amide bonds. The van der Waals surface area contributed by atoms with Crippen molar-refractivity contribution < 1.29 is 14.3 Å². The van der Waals surface area contributed by atoms with E-state index in [1.807, 2.05) is 24.3 Å². The molecular weight excluding hydrogens is 578 g/mol. The lowest BCUT2D eigenvalue weighted by Crippen LogP contribution is -2.44. The number of piperazine rings is 1. The van der Waals surface area contributed by atoms with E-state index in [1.165, 1.54) is 5.69 Å². The molecule has 0 bridgehead atoms. The summed E-state index contributed by atoms with van der Waals surface area (Å²) in [4.78, 5) is 24.0. The predicted molar refractivity (Wildman–Crippen MR) is 144 cm³/mol. The Morgan fingerprint density at radius 1 is 1.03 bits per heavy atom. The molecule has 35 heavy (non-hydrogen) atoms. The Hall–Kier alpha value is -2.82. The molecule has 182 valence electrons. The summed E-state index contributed by atoms with van der Waals surface area (Å²) in [6.07, 6.45) is 1.55. The molecule has 0 spiro atoms. The van der Waals surface area contributed by atoms with E-state index in [0.717, 1.165) is 40.8 Å². The highest BCUT2D eigenvalue weighted by atomic mass is 79.9. The van der Waals surface area contributed by atoms with Crippen LogP contribution in [0.5, 0.6) is 11.5 Å². The van der Waals surface area contributed by atoms with Crippen LogP contribution in [0.1, 0.15) is 10.4 Å². The maximum atomic E-state index is 13.3. The monoisotopic (exact) mass is 601 g/mol. The number of carbonyl (C=O) groups is 1. The molecule has 0 radical (unpaired) electrons. The molecule has 2 aromatic carbocycles. The van der Waals surface area contributed by atoms with E-state index in [2.05, 4.69) is 71.1 Å². The molecular formula is C25H25Br2N5O3. The molecule has 3 aromatic rings. The SMILES string of the molecule is COc1cc(Br)c(N2COc3cc(Nc4ccc(N5CCN(C)CC5)cc4)ncc3C2=O)c(Br)c1. The van der Waals surface area contributed by atoms with Crippen molar-refractivity contribution in [3.63, 3.8) is 0 Å². The molecule has 1 aromatic heterocycles. The fourth-order valence-corrected chi connectivity index (χ4v) is 5.75. The number of halogens is 2. The number of carbonyl (C=O) groups excluding carboxylic acids is 1. The molecule has 2 aliphatic heterocycles. The van der Waals surface area contributed by atoms with Gasteiger partial charge in [-0.05, 0) is 75.3 Å². The van der Waals surface area contributed by atoms with Crippen molar-refractivity contribution in [2.75, 3.05) is 62.2 Å². The lowest BCUT2D eigenvalue weighted by Gasteiger charge is -2.34. The summed E-state index contributed by atoms with van der Waals surface area (Å²) in [5.74, 6) is 1.60. The van der Waals surface area contributed by atoms with Crippen molar-refractivity contribution in [1.82, 2.24) is 9.88 Å². The highest BCUT2D eigenvalue weighted by Gasteiger charge is 2.30. The summed E-state index contributed by atoms with van der Waals surface area (Å²) < 4.78 is 12.7. The van der Waals surface area contributed by atoms with Gasteiger partial charge in [-0.15, -0.1) is 0 Å². The van der Waals surface area contributed by atoms with Crippen molar-refractivity contribution in [2.45, 2.75) is 0 Å². The van der Waals surface area contributed by atoms with Gasteiger partial charge >= 0.3 is 0 Å². The third-order valence-electron chi connectivity index (χ3n) is 6.19. The van der Waals surface area contributed by atoms with E-state index in [9.17, 15) is 4.79 Å². The van der Waals surface area contributed by atoms with Crippen LogP contribution in [0.2, 0.25) is 0 Å². The number of pyridine rings is 1. The molecule has 0 atom stereocenters. The Bertz CT molecular complexity index is 1220. The number of nitrogens with zero attached hydrogens (tertiary/aromatic N) is 4. The molecule has 3 heterocycles. The summed E-state index contributed by atoms with van der Waals surface area (Å²) in [5, 5.41) is 3.31. The standard InChI is InChI=1S/C25H25Br2N5O3/c1-30-7-9-31(10-8-30)17-5-3-16(4-6-17)29-23-13-22-19(14-28-23)25(33)32(15-35-22)24-20(26)11-18(34-2)12-21(24)27/h3-6,11-14H,7-10,15H2,1-2H3,(H,28,29). The van der Waals surface area contributed by atoms with Gasteiger partial charge in [0, 0.05) is 58.8 Å². The quantitative estimate of drug-likeness (QED) is 0.435. The third-order valence-corrected chi connectivity index (χ3v) is 7.40. The summed E-state index contributed by atoms with van der Waals surface area (Å²) >= 11 is 7.07. The van der Waals surface area contributed by atoms with Crippen molar-refractivity contribution in [3.05, 3.63) is 63.2 Å². The Kier molecular flexibility index (Phi) is 6.86. The number of likely N-dealkylation sites (N-methyl/N-ethyl adjacent to an activating group) is 1. The molecule has 2 aliphatic rings. The van der Waals surface area contributed by atoms with Crippen LogP contribution in [0.25, 0.3) is 0 Å². The number of methoxy groups -OCH3 is 1. The number of ether oxygens (including phenoxy) is 2. The van der Waals surface area contributed by atoms with Crippen LogP contribution < -0.4 is 24.6 Å². The molecule has 1 N–H and O–H groups in total. The van der Waals surface area contributed by atoms with Gasteiger partial charge in [0.2, 0.25) is 0 Å². The van der Waals surface area contributed by atoms with Crippen LogP contribution in [-0.2, 0) is 0 Å². The van der Waals surface area contributed by atoms with E-state index in [4.69, 9.17) is 9.47 Å². The first kappa shape index (κ1) is 23.9. The number of aromatic nitrogens is 1. The molecule has 1 saturated heterocycles. The highest BCUT2D eigenvalue weighted by Crippen LogP contribution is 2.40. The molecule has 8 nitrogen and oxygen atoms in total. The normalized spacial score (nSPS) is 16.1. The Morgan fingerprint density at radius 2 is 1.71 bits per heavy atom. The smallest absolute Gasteiger partial charge is 0.266 e. The Balaban J connectivity index is 1.30. The van der Waals surface area contributed by atoms with Gasteiger partial charge in [-0.25, -0.2) is 4.98 Å². The first-order valence-corrected chi connectivity index (χ1v) is 12.8. The summed E-state index contributed by atoms with van der Waals surface area (Å²) in [5.41, 5.74) is 3.21. The second-order valence-corrected chi connectivity index (χ2v) is 10.2. The molecule has 0 aliphatic carbocycles. The molecule has 10 heteroatoms. The predicted octanol–water partition coefficient (Wildman–Crippen LogP) is 5.11. The lowest BCUT2D eigenvalue weighted by atomic mass is 10.1. The van der Waals surface area contributed by atoms with Gasteiger partial charge in [0.25, 0.3) is 5.91 Å². The van der Waals surface area contributed by atoms with Gasteiger partial charge in [-0.2, -0.15) is 0 Å². The van der Waals surface area contributed by atoms with E-state index < -0.39 is 0 Å². The minimum Gasteiger partial charge on any atom is -0.497 e. The maximum absolute atomic E-state index is 13.3. The zero-order chi connectivity index (χ0) is 24.5. The Morgan fingerprint density at radius 3 is 2.37 bits per heavy atom. The number of hydrogen-bond donors (Lipinski definition) is 1.